The highest BCUT2D eigenvalue weighted by Crippen LogP contribution is 2.24. The van der Waals surface area contributed by atoms with Gasteiger partial charge in [-0.3, -0.25) is 0 Å². The first-order valence-corrected chi connectivity index (χ1v) is 6.90. The molecule has 0 spiro atoms. The Kier molecular flexibility index (Phi) is 4.04. The molecule has 2 nitrogen and oxygen atoms in total. The summed E-state index contributed by atoms with van der Waals surface area (Å²) in [5, 5.41) is 0. The number of hydrogen-bond acceptors (Lipinski definition) is 3. The van der Waals surface area contributed by atoms with E-state index in [1.54, 1.807) is 11.3 Å². The van der Waals surface area contributed by atoms with Crippen LogP contribution >= 0.6 is 11.3 Å². The first-order valence-electron chi connectivity index (χ1n) is 6.08. The van der Waals surface area contributed by atoms with E-state index in [9.17, 15) is 0 Å². The van der Waals surface area contributed by atoms with E-state index in [4.69, 9.17) is 10.5 Å². The monoisotopic (exact) mass is 261 g/mol. The smallest absolute Gasteiger partial charge is 0.122 e. The number of thiophene rings is 1. The fourth-order valence-corrected chi connectivity index (χ4v) is 2.64. The maximum Gasteiger partial charge on any atom is 0.122 e. The molecule has 1 aromatic heterocycles. The second-order valence-electron chi connectivity index (χ2n) is 4.63. The Morgan fingerprint density at radius 3 is 2.61 bits per heavy atom. The van der Waals surface area contributed by atoms with Gasteiger partial charge in [-0.1, -0.05) is 12.1 Å². The van der Waals surface area contributed by atoms with Crippen LogP contribution in [0, 0.1) is 20.8 Å². The van der Waals surface area contributed by atoms with Crippen molar-refractivity contribution in [2.75, 3.05) is 6.61 Å². The van der Waals surface area contributed by atoms with E-state index in [0.29, 0.717) is 6.61 Å². The minimum atomic E-state index is -0.0522. The summed E-state index contributed by atoms with van der Waals surface area (Å²) in [5.41, 5.74) is 8.48. The van der Waals surface area contributed by atoms with Crippen molar-refractivity contribution in [2.45, 2.75) is 26.8 Å². The van der Waals surface area contributed by atoms with Crippen molar-refractivity contribution in [3.8, 4) is 5.75 Å². The van der Waals surface area contributed by atoms with Crippen LogP contribution in [0.5, 0.6) is 5.75 Å². The maximum absolute atomic E-state index is 6.13. The van der Waals surface area contributed by atoms with Gasteiger partial charge in [0.05, 0.1) is 6.04 Å². The second-order valence-corrected chi connectivity index (χ2v) is 5.95. The quantitative estimate of drug-likeness (QED) is 0.909. The topological polar surface area (TPSA) is 35.2 Å². The van der Waals surface area contributed by atoms with Crippen LogP contribution in [-0.4, -0.2) is 6.61 Å². The fourth-order valence-electron chi connectivity index (χ4n) is 1.78. The molecule has 1 aromatic carbocycles. The Labute approximate surface area is 112 Å². The van der Waals surface area contributed by atoms with Gasteiger partial charge in [0.15, 0.2) is 0 Å². The van der Waals surface area contributed by atoms with Crippen LogP contribution in [0.3, 0.4) is 0 Å². The summed E-state index contributed by atoms with van der Waals surface area (Å²) in [6, 6.07) is 10.3. The standard InChI is InChI=1S/C15H19NOS/c1-10-4-5-11(2)14(8-10)17-9-13(16)15-7-6-12(3)18-15/h4-8,13H,9,16H2,1-3H3. The van der Waals surface area contributed by atoms with E-state index in [1.165, 1.54) is 15.3 Å². The van der Waals surface area contributed by atoms with Crippen molar-refractivity contribution < 1.29 is 4.74 Å². The van der Waals surface area contributed by atoms with Crippen LogP contribution < -0.4 is 10.5 Å². The molecular formula is C15H19NOS. The van der Waals surface area contributed by atoms with Gasteiger partial charge in [-0.25, -0.2) is 0 Å². The lowest BCUT2D eigenvalue weighted by atomic mass is 10.1. The van der Waals surface area contributed by atoms with Gasteiger partial charge < -0.3 is 10.5 Å². The van der Waals surface area contributed by atoms with Crippen molar-refractivity contribution >= 4 is 11.3 Å². The largest absolute Gasteiger partial charge is 0.491 e. The summed E-state index contributed by atoms with van der Waals surface area (Å²) >= 11 is 1.73. The van der Waals surface area contributed by atoms with Gasteiger partial charge in [-0.2, -0.15) is 0 Å². The van der Waals surface area contributed by atoms with Crippen LogP contribution in [0.1, 0.15) is 26.9 Å². The number of nitrogens with two attached hydrogens (primary N) is 1. The molecule has 0 saturated heterocycles. The molecule has 3 heteroatoms. The molecule has 2 N–H and O–H groups in total. The number of hydrogen-bond donors (Lipinski definition) is 1. The van der Waals surface area contributed by atoms with E-state index < -0.39 is 0 Å². The Morgan fingerprint density at radius 2 is 1.94 bits per heavy atom. The average Bonchev–Trinajstić information content (AvgIpc) is 2.77. The van der Waals surface area contributed by atoms with Crippen molar-refractivity contribution in [1.82, 2.24) is 0 Å². The third kappa shape index (κ3) is 3.12. The van der Waals surface area contributed by atoms with Gasteiger partial charge in [-0.15, -0.1) is 11.3 Å². The zero-order chi connectivity index (χ0) is 13.1. The summed E-state index contributed by atoms with van der Waals surface area (Å²) in [6.07, 6.45) is 0. The molecule has 0 aliphatic heterocycles. The number of ether oxygens (including phenoxy) is 1. The second kappa shape index (κ2) is 5.55. The summed E-state index contributed by atoms with van der Waals surface area (Å²) < 4.78 is 5.82. The first kappa shape index (κ1) is 13.1. The van der Waals surface area contributed by atoms with E-state index in [1.807, 2.05) is 0 Å². The predicted molar refractivity (Wildman–Crippen MR) is 77.4 cm³/mol. The third-order valence-corrected chi connectivity index (χ3v) is 4.02. The lowest BCUT2D eigenvalue weighted by Crippen LogP contribution is -2.18. The Hall–Kier alpha value is -1.32. The normalized spacial score (nSPS) is 12.4. The van der Waals surface area contributed by atoms with E-state index in [0.717, 1.165) is 11.3 Å². The van der Waals surface area contributed by atoms with E-state index >= 15 is 0 Å². The van der Waals surface area contributed by atoms with Gasteiger partial charge in [0.1, 0.15) is 12.4 Å². The van der Waals surface area contributed by atoms with Gasteiger partial charge in [0, 0.05) is 9.75 Å². The van der Waals surface area contributed by atoms with Crippen molar-refractivity contribution in [2.24, 2.45) is 5.73 Å². The zero-order valence-corrected chi connectivity index (χ0v) is 11.9. The predicted octanol–water partition coefficient (Wildman–Crippen LogP) is 3.75. The number of rotatable bonds is 4. The molecule has 0 bridgehead atoms. The SMILES string of the molecule is Cc1ccc(C)c(OCC(N)c2ccc(C)s2)c1. The molecule has 1 unspecified atom stereocenters. The molecule has 18 heavy (non-hydrogen) atoms. The zero-order valence-electron chi connectivity index (χ0n) is 11.1. The molecule has 0 radical (unpaired) electrons. The van der Waals surface area contributed by atoms with E-state index in [-0.39, 0.29) is 6.04 Å². The molecule has 96 valence electrons. The summed E-state index contributed by atoms with van der Waals surface area (Å²) in [5.74, 6) is 0.929. The summed E-state index contributed by atoms with van der Waals surface area (Å²) in [7, 11) is 0. The van der Waals surface area contributed by atoms with Crippen LogP contribution in [-0.2, 0) is 0 Å². The molecular weight excluding hydrogens is 242 g/mol. The molecule has 2 rings (SSSR count). The lowest BCUT2D eigenvalue weighted by Gasteiger charge is -2.14. The molecule has 2 aromatic rings. The van der Waals surface area contributed by atoms with Crippen LogP contribution in [0.15, 0.2) is 30.3 Å². The van der Waals surface area contributed by atoms with Gasteiger partial charge in [-0.05, 0) is 50.1 Å². The first-order chi connectivity index (χ1) is 8.56. The Morgan fingerprint density at radius 1 is 1.17 bits per heavy atom. The molecule has 0 saturated carbocycles. The summed E-state index contributed by atoms with van der Waals surface area (Å²) in [4.78, 5) is 2.46. The highest BCUT2D eigenvalue weighted by atomic mass is 32.1. The molecule has 1 heterocycles. The average molecular weight is 261 g/mol. The van der Waals surface area contributed by atoms with Gasteiger partial charge in [0.25, 0.3) is 0 Å². The van der Waals surface area contributed by atoms with E-state index in [2.05, 4.69) is 51.1 Å². The molecule has 0 amide bonds. The fraction of sp³-hybridized carbons (Fsp3) is 0.333. The number of benzene rings is 1. The highest BCUT2D eigenvalue weighted by Gasteiger charge is 2.10. The molecule has 1 atom stereocenters. The van der Waals surface area contributed by atoms with Crippen LogP contribution in [0.4, 0.5) is 0 Å². The van der Waals surface area contributed by atoms with Gasteiger partial charge in [0.2, 0.25) is 0 Å². The molecule has 0 aliphatic rings. The minimum absolute atomic E-state index is 0.0522. The molecule has 0 fully saturated rings. The minimum Gasteiger partial charge on any atom is -0.491 e. The number of aryl methyl sites for hydroxylation is 3. The van der Waals surface area contributed by atoms with Crippen LogP contribution in [0.25, 0.3) is 0 Å². The lowest BCUT2D eigenvalue weighted by molar-refractivity contribution is 0.290. The third-order valence-electron chi connectivity index (χ3n) is 2.89. The maximum atomic E-state index is 6.13. The Bertz CT molecular complexity index is 533. The van der Waals surface area contributed by atoms with Crippen molar-refractivity contribution in [1.29, 1.82) is 0 Å². The van der Waals surface area contributed by atoms with Crippen LogP contribution in [0.2, 0.25) is 0 Å². The van der Waals surface area contributed by atoms with Gasteiger partial charge >= 0.3 is 0 Å². The van der Waals surface area contributed by atoms with Crippen molar-refractivity contribution in [3.63, 3.8) is 0 Å². The molecule has 0 aliphatic carbocycles. The highest BCUT2D eigenvalue weighted by molar-refractivity contribution is 7.12. The van der Waals surface area contributed by atoms with Crippen molar-refractivity contribution in [3.05, 3.63) is 51.2 Å². The Balaban J connectivity index is 2.01. The summed E-state index contributed by atoms with van der Waals surface area (Å²) in [6.45, 7) is 6.72.